The van der Waals surface area contributed by atoms with E-state index in [1.54, 1.807) is 28.1 Å². The lowest BCUT2D eigenvalue weighted by molar-refractivity contribution is -0.128. The maximum absolute atomic E-state index is 13.7. The molecule has 0 radical (unpaired) electrons. The van der Waals surface area contributed by atoms with Crippen LogP contribution in [0.3, 0.4) is 0 Å². The summed E-state index contributed by atoms with van der Waals surface area (Å²) < 4.78 is 6.12. The Labute approximate surface area is 263 Å². The van der Waals surface area contributed by atoms with Crippen LogP contribution in [-0.2, 0) is 4.79 Å². The standard InChI is InChI=1S/C34H30N6O4S/c1-20-25(10-5-11-27(20)44-24-8-3-2-4-9-24)40-26-14-15-36-32-28(26)29(38-34(40)43)30(45-32)31(41)37-23-7-6-16-39(19-23)33(42)22(18-35)17-21-12-13-21/h2-5,8-11,14-15,17,21,23H,6-7,12-13,16,19H2,1H3,(H,37,41)(H,38,43). The average molecular weight is 619 g/mol. The number of hydrogen-bond acceptors (Lipinski definition) is 7. The fourth-order valence-corrected chi connectivity index (χ4v) is 6.93. The van der Waals surface area contributed by atoms with Crippen LogP contribution in [0.25, 0.3) is 10.2 Å². The number of rotatable bonds is 7. The molecule has 10 nitrogen and oxygen atoms in total. The molecule has 3 aliphatic rings. The van der Waals surface area contributed by atoms with Crippen molar-refractivity contribution in [2.75, 3.05) is 23.3 Å². The molecule has 4 amide bonds. The Morgan fingerprint density at radius 2 is 1.93 bits per heavy atom. The lowest BCUT2D eigenvalue weighted by atomic mass is 10.0. The minimum absolute atomic E-state index is 0.177. The van der Waals surface area contributed by atoms with Crippen molar-refractivity contribution in [3.8, 4) is 17.6 Å². The van der Waals surface area contributed by atoms with Gasteiger partial charge in [-0.25, -0.2) is 9.78 Å². The Balaban J connectivity index is 1.15. The normalized spacial score (nSPS) is 17.9. The van der Waals surface area contributed by atoms with Crippen molar-refractivity contribution in [3.63, 3.8) is 0 Å². The number of carbonyl (C=O) groups excluding carboxylic acids is 3. The lowest BCUT2D eigenvalue weighted by Gasteiger charge is -2.33. The van der Waals surface area contributed by atoms with E-state index in [0.29, 0.717) is 75.5 Å². The van der Waals surface area contributed by atoms with E-state index in [1.165, 1.54) is 11.3 Å². The Morgan fingerprint density at radius 1 is 1.11 bits per heavy atom. The summed E-state index contributed by atoms with van der Waals surface area (Å²) in [5.74, 6) is 1.01. The number of para-hydroxylation sites is 1. The van der Waals surface area contributed by atoms with Gasteiger partial charge in [0.2, 0.25) is 0 Å². The molecule has 0 bridgehead atoms. The Morgan fingerprint density at radius 3 is 2.71 bits per heavy atom. The number of benzene rings is 2. The second kappa shape index (κ2) is 11.7. The molecule has 2 N–H and O–H groups in total. The van der Waals surface area contributed by atoms with Crippen molar-refractivity contribution in [2.24, 2.45) is 5.92 Å². The van der Waals surface area contributed by atoms with Crippen molar-refractivity contribution in [1.29, 1.82) is 5.26 Å². The summed E-state index contributed by atoms with van der Waals surface area (Å²) in [6.45, 7) is 2.76. The van der Waals surface area contributed by atoms with Crippen LogP contribution in [0.2, 0.25) is 0 Å². The second-order valence-electron chi connectivity index (χ2n) is 11.5. The van der Waals surface area contributed by atoms with Crippen LogP contribution in [0.5, 0.6) is 11.5 Å². The third kappa shape index (κ3) is 5.49. The molecule has 1 aliphatic carbocycles. The highest BCUT2D eigenvalue weighted by atomic mass is 32.1. The number of likely N-dealkylation sites (tertiary alicyclic amines) is 1. The molecule has 45 heavy (non-hydrogen) atoms. The molecule has 11 heteroatoms. The predicted molar refractivity (Wildman–Crippen MR) is 172 cm³/mol. The first-order chi connectivity index (χ1) is 21.9. The van der Waals surface area contributed by atoms with Gasteiger partial charge in [0.25, 0.3) is 11.8 Å². The van der Waals surface area contributed by atoms with Crippen LogP contribution < -0.4 is 20.3 Å². The summed E-state index contributed by atoms with van der Waals surface area (Å²) >= 11 is 1.22. The number of urea groups is 1. The van der Waals surface area contributed by atoms with Gasteiger partial charge in [0.05, 0.1) is 22.4 Å². The number of pyridine rings is 1. The van der Waals surface area contributed by atoms with E-state index in [1.807, 2.05) is 55.5 Å². The van der Waals surface area contributed by atoms with Crippen LogP contribution in [0, 0.1) is 24.2 Å². The van der Waals surface area contributed by atoms with Crippen molar-refractivity contribution in [3.05, 3.63) is 82.9 Å². The van der Waals surface area contributed by atoms with Gasteiger partial charge in [0.1, 0.15) is 32.8 Å². The number of amides is 4. The van der Waals surface area contributed by atoms with Gasteiger partial charge in [-0.3, -0.25) is 14.5 Å². The lowest BCUT2D eigenvalue weighted by Crippen LogP contribution is -2.50. The summed E-state index contributed by atoms with van der Waals surface area (Å²) in [6, 6.07) is 18.2. The van der Waals surface area contributed by atoms with Crippen LogP contribution in [0.1, 0.15) is 40.9 Å². The molecule has 4 heterocycles. The number of anilines is 3. The topological polar surface area (TPSA) is 128 Å². The van der Waals surface area contributed by atoms with Crippen molar-refractivity contribution in [2.45, 2.75) is 38.6 Å². The van der Waals surface area contributed by atoms with Gasteiger partial charge in [-0.15, -0.1) is 11.3 Å². The fraction of sp³-hybridized carbons (Fsp3) is 0.265. The predicted octanol–water partition coefficient (Wildman–Crippen LogP) is 6.66. The molecule has 7 rings (SSSR count). The van der Waals surface area contributed by atoms with Gasteiger partial charge in [-0.2, -0.15) is 5.26 Å². The summed E-state index contributed by atoms with van der Waals surface area (Å²) in [7, 11) is 0. The van der Waals surface area contributed by atoms with E-state index in [-0.39, 0.29) is 23.4 Å². The van der Waals surface area contributed by atoms with Gasteiger partial charge < -0.3 is 20.3 Å². The number of nitrogens with zero attached hydrogens (tertiary/aromatic N) is 4. The molecular weight excluding hydrogens is 588 g/mol. The third-order valence-electron chi connectivity index (χ3n) is 8.34. The first-order valence-electron chi connectivity index (χ1n) is 15.0. The number of nitrogens with one attached hydrogen (secondary N) is 2. The molecule has 1 unspecified atom stereocenters. The van der Waals surface area contributed by atoms with E-state index in [0.717, 1.165) is 18.4 Å². The quantitative estimate of drug-likeness (QED) is 0.176. The number of ether oxygens (including phenoxy) is 1. The molecule has 2 aromatic carbocycles. The van der Waals surface area contributed by atoms with Gasteiger partial charge >= 0.3 is 6.03 Å². The molecule has 1 saturated carbocycles. The van der Waals surface area contributed by atoms with Crippen LogP contribution in [0.15, 0.2) is 72.4 Å². The van der Waals surface area contributed by atoms with Crippen LogP contribution in [0.4, 0.5) is 21.9 Å². The highest BCUT2D eigenvalue weighted by Crippen LogP contribution is 2.47. The minimum Gasteiger partial charge on any atom is -0.457 e. The highest BCUT2D eigenvalue weighted by Gasteiger charge is 2.35. The van der Waals surface area contributed by atoms with Crippen LogP contribution >= 0.6 is 11.3 Å². The first kappa shape index (κ1) is 28.6. The molecule has 2 fully saturated rings. The maximum atomic E-state index is 13.7. The van der Waals surface area contributed by atoms with Crippen LogP contribution in [-0.4, -0.2) is 46.9 Å². The highest BCUT2D eigenvalue weighted by molar-refractivity contribution is 7.21. The van der Waals surface area contributed by atoms with E-state index >= 15 is 0 Å². The molecule has 0 spiro atoms. The molecule has 226 valence electrons. The zero-order valence-electron chi connectivity index (χ0n) is 24.6. The van der Waals surface area contributed by atoms with Crippen molar-refractivity contribution < 1.29 is 19.1 Å². The molecule has 2 aromatic heterocycles. The van der Waals surface area contributed by atoms with Crippen molar-refractivity contribution in [1.82, 2.24) is 15.2 Å². The number of thiophene rings is 1. The van der Waals surface area contributed by atoms with Gasteiger partial charge in [0, 0.05) is 30.9 Å². The zero-order chi connectivity index (χ0) is 31.1. The largest absolute Gasteiger partial charge is 0.457 e. The monoisotopic (exact) mass is 618 g/mol. The SMILES string of the molecule is Cc1c(Oc2ccccc2)cccc1N1C(=O)Nc2c(C(=O)NC3CCCN(C(=O)C(C#N)=CC4CC4)C3)sc3nccc1c23. The zero-order valence-corrected chi connectivity index (χ0v) is 25.4. The van der Waals surface area contributed by atoms with Gasteiger partial charge in [-0.1, -0.05) is 30.3 Å². The Hall–Kier alpha value is -5.21. The Kier molecular flexibility index (Phi) is 7.43. The van der Waals surface area contributed by atoms with E-state index in [9.17, 15) is 19.6 Å². The second-order valence-corrected chi connectivity index (χ2v) is 12.5. The van der Waals surface area contributed by atoms with E-state index in [4.69, 9.17) is 4.74 Å². The van der Waals surface area contributed by atoms with E-state index < -0.39 is 6.03 Å². The number of hydrogen-bond donors (Lipinski definition) is 2. The number of aromatic nitrogens is 1. The summed E-state index contributed by atoms with van der Waals surface area (Å²) in [6.07, 6.45) is 6.84. The summed E-state index contributed by atoms with van der Waals surface area (Å²) in [4.78, 5) is 49.2. The summed E-state index contributed by atoms with van der Waals surface area (Å²) in [5, 5.41) is 16.3. The molecule has 4 aromatic rings. The molecule has 2 aliphatic heterocycles. The number of carbonyl (C=O) groups is 3. The van der Waals surface area contributed by atoms with Gasteiger partial charge in [-0.05, 0) is 68.9 Å². The minimum atomic E-state index is -0.400. The fourth-order valence-electron chi connectivity index (χ4n) is 5.91. The number of nitriles is 1. The molecule has 1 saturated heterocycles. The summed E-state index contributed by atoms with van der Waals surface area (Å²) in [5.41, 5.74) is 2.65. The average Bonchev–Trinajstić information content (AvgIpc) is 3.80. The molecular formula is C34H30N6O4S. The first-order valence-corrected chi connectivity index (χ1v) is 15.8. The molecule has 1 atom stereocenters. The van der Waals surface area contributed by atoms with Gasteiger partial charge in [0.15, 0.2) is 0 Å². The number of allylic oxidation sites excluding steroid dienone is 1. The van der Waals surface area contributed by atoms with Crippen molar-refractivity contribution >= 4 is 56.5 Å². The number of piperidine rings is 1. The maximum Gasteiger partial charge on any atom is 0.331 e. The van der Waals surface area contributed by atoms with E-state index in [2.05, 4.69) is 21.7 Å². The third-order valence-corrected chi connectivity index (χ3v) is 9.44. The smallest absolute Gasteiger partial charge is 0.331 e. The Bertz CT molecular complexity index is 1910.